The molecule has 0 radical (unpaired) electrons. The smallest absolute Gasteiger partial charge is 0.322 e. The van der Waals surface area contributed by atoms with Gasteiger partial charge in [0, 0.05) is 29.3 Å². The SMILES string of the molecule is Cc1cn(-c2cc(NC(=O)c3ccc(C)c(-n4cc(-c5cnc(NC(=O)CN6CCCC6)s5)nn4)c3)cc(C(F)(F)F)c2)cn1. The van der Waals surface area contributed by atoms with Crippen LogP contribution in [0.2, 0.25) is 0 Å². The molecule has 0 spiro atoms. The molecule has 232 valence electrons. The van der Waals surface area contributed by atoms with E-state index in [0.717, 1.165) is 43.6 Å². The van der Waals surface area contributed by atoms with E-state index < -0.39 is 17.6 Å². The van der Waals surface area contributed by atoms with Crippen LogP contribution in [0.3, 0.4) is 0 Å². The highest BCUT2D eigenvalue weighted by Gasteiger charge is 2.31. The number of benzene rings is 2. The predicted octanol–water partition coefficient (Wildman–Crippen LogP) is 5.50. The summed E-state index contributed by atoms with van der Waals surface area (Å²) in [7, 11) is 0. The number of aromatic nitrogens is 6. The van der Waals surface area contributed by atoms with E-state index in [9.17, 15) is 22.8 Å². The van der Waals surface area contributed by atoms with Crippen LogP contribution in [0, 0.1) is 13.8 Å². The van der Waals surface area contributed by atoms with Crippen LogP contribution < -0.4 is 10.6 Å². The Bertz CT molecular complexity index is 1870. The lowest BCUT2D eigenvalue weighted by Gasteiger charge is -2.14. The lowest BCUT2D eigenvalue weighted by molar-refractivity contribution is -0.137. The number of thiazole rings is 1. The molecule has 0 aliphatic carbocycles. The van der Waals surface area contributed by atoms with Crippen molar-refractivity contribution in [2.45, 2.75) is 32.9 Å². The van der Waals surface area contributed by atoms with Crippen LogP contribution in [0.5, 0.6) is 0 Å². The summed E-state index contributed by atoms with van der Waals surface area (Å²) >= 11 is 1.27. The minimum Gasteiger partial charge on any atom is -0.322 e. The number of alkyl halides is 3. The van der Waals surface area contributed by atoms with Gasteiger partial charge in [-0.3, -0.25) is 14.5 Å². The second kappa shape index (κ2) is 12.2. The maximum Gasteiger partial charge on any atom is 0.416 e. The standard InChI is InChI=1S/C30H28F3N9O2S/c1-18-5-6-20(28(44)36-22-10-21(30(31,32)33)11-23(12-22)41-14-19(2)35-17-41)9-25(18)42-15-24(38-39-42)26-13-34-29(45-26)37-27(43)16-40-7-3-4-8-40/h5-6,9-15,17H,3-4,7-8,16H2,1-2H3,(H,36,44)(H,34,37,43). The Morgan fingerprint density at radius 1 is 1.00 bits per heavy atom. The number of amides is 2. The molecule has 1 aliphatic heterocycles. The Labute approximate surface area is 259 Å². The van der Waals surface area contributed by atoms with Crippen LogP contribution in [0.4, 0.5) is 24.0 Å². The molecule has 6 rings (SSSR count). The van der Waals surface area contributed by atoms with Gasteiger partial charge in [-0.05, 0) is 75.7 Å². The van der Waals surface area contributed by atoms with Crippen molar-refractivity contribution in [1.82, 2.24) is 34.4 Å². The van der Waals surface area contributed by atoms with Gasteiger partial charge >= 0.3 is 6.18 Å². The average molecular weight is 636 g/mol. The van der Waals surface area contributed by atoms with Gasteiger partial charge in [0.2, 0.25) is 5.91 Å². The third-order valence-electron chi connectivity index (χ3n) is 7.29. The summed E-state index contributed by atoms with van der Waals surface area (Å²) in [4.78, 5) is 36.8. The number of carbonyl (C=O) groups excluding carboxylic acids is 2. The van der Waals surface area contributed by atoms with Crippen LogP contribution in [-0.2, 0) is 11.0 Å². The third kappa shape index (κ3) is 6.94. The molecule has 0 saturated carbocycles. The normalized spacial score (nSPS) is 13.7. The van der Waals surface area contributed by atoms with E-state index in [-0.39, 0.29) is 22.8 Å². The van der Waals surface area contributed by atoms with Crippen LogP contribution in [0.1, 0.15) is 40.0 Å². The Morgan fingerprint density at radius 2 is 1.80 bits per heavy atom. The molecule has 5 aromatic rings. The summed E-state index contributed by atoms with van der Waals surface area (Å²) in [5.41, 5.74) is 2.00. The first-order chi connectivity index (χ1) is 21.5. The zero-order valence-electron chi connectivity index (χ0n) is 24.3. The zero-order valence-corrected chi connectivity index (χ0v) is 25.1. The second-order valence-electron chi connectivity index (χ2n) is 10.8. The van der Waals surface area contributed by atoms with Crippen LogP contribution >= 0.6 is 11.3 Å². The number of rotatable bonds is 8. The number of nitrogens with zero attached hydrogens (tertiary/aromatic N) is 7. The van der Waals surface area contributed by atoms with Crippen molar-refractivity contribution < 1.29 is 22.8 Å². The number of hydrogen-bond donors (Lipinski definition) is 2. The summed E-state index contributed by atoms with van der Waals surface area (Å²) in [5, 5.41) is 14.3. The first kappa shape index (κ1) is 30.1. The molecule has 1 saturated heterocycles. The topological polar surface area (TPSA) is 123 Å². The van der Waals surface area contributed by atoms with Crippen molar-refractivity contribution >= 4 is 34.0 Å². The number of anilines is 2. The Kier molecular flexibility index (Phi) is 8.20. The van der Waals surface area contributed by atoms with E-state index in [1.54, 1.807) is 43.7 Å². The number of halogens is 3. The largest absolute Gasteiger partial charge is 0.416 e. The molecule has 11 nitrogen and oxygen atoms in total. The van der Waals surface area contributed by atoms with Crippen LogP contribution in [0.15, 0.2) is 61.3 Å². The number of hydrogen-bond acceptors (Lipinski definition) is 8. The van der Waals surface area contributed by atoms with Crippen molar-refractivity contribution in [3.8, 4) is 21.9 Å². The Morgan fingerprint density at radius 3 is 2.53 bits per heavy atom. The van der Waals surface area contributed by atoms with Crippen molar-refractivity contribution in [3.63, 3.8) is 0 Å². The molecule has 0 atom stereocenters. The molecule has 3 aromatic heterocycles. The molecular weight excluding hydrogens is 607 g/mol. The average Bonchev–Trinajstić information content (AvgIpc) is 3.81. The number of carbonyl (C=O) groups is 2. The summed E-state index contributed by atoms with van der Waals surface area (Å²) in [6, 6.07) is 8.23. The summed E-state index contributed by atoms with van der Waals surface area (Å²) in [5.74, 6) is -0.717. The minimum atomic E-state index is -4.62. The first-order valence-corrected chi connectivity index (χ1v) is 14.9. The molecular formula is C30H28F3N9O2S. The van der Waals surface area contributed by atoms with Gasteiger partial charge in [0.05, 0.1) is 40.9 Å². The molecule has 4 heterocycles. The lowest BCUT2D eigenvalue weighted by Crippen LogP contribution is -2.30. The van der Waals surface area contributed by atoms with Gasteiger partial charge in [-0.25, -0.2) is 14.6 Å². The zero-order chi connectivity index (χ0) is 31.7. The fourth-order valence-corrected chi connectivity index (χ4v) is 5.79. The maximum absolute atomic E-state index is 13.7. The fraction of sp³-hybridized carbons (Fsp3) is 0.267. The van der Waals surface area contributed by atoms with Crippen molar-refractivity contribution in [2.24, 2.45) is 0 Å². The molecule has 2 amide bonds. The van der Waals surface area contributed by atoms with E-state index in [4.69, 9.17) is 0 Å². The van der Waals surface area contributed by atoms with Crippen molar-refractivity contribution in [3.05, 3.63) is 83.7 Å². The molecule has 45 heavy (non-hydrogen) atoms. The number of nitrogens with one attached hydrogen (secondary N) is 2. The van der Waals surface area contributed by atoms with Gasteiger partial charge < -0.3 is 15.2 Å². The number of aryl methyl sites for hydroxylation is 2. The van der Waals surface area contributed by atoms with Gasteiger partial charge in [0.1, 0.15) is 5.69 Å². The number of imidazole rings is 1. The van der Waals surface area contributed by atoms with Crippen molar-refractivity contribution in [2.75, 3.05) is 30.3 Å². The predicted molar refractivity (Wildman–Crippen MR) is 163 cm³/mol. The van der Waals surface area contributed by atoms with E-state index in [1.165, 1.54) is 33.0 Å². The maximum atomic E-state index is 13.7. The van der Waals surface area contributed by atoms with E-state index in [0.29, 0.717) is 33.6 Å². The molecule has 2 aromatic carbocycles. The second-order valence-corrected chi connectivity index (χ2v) is 11.8. The van der Waals surface area contributed by atoms with Gasteiger partial charge in [-0.15, -0.1) is 5.10 Å². The van der Waals surface area contributed by atoms with E-state index in [1.807, 2.05) is 6.92 Å². The van der Waals surface area contributed by atoms with Gasteiger partial charge in [-0.2, -0.15) is 13.2 Å². The number of likely N-dealkylation sites (tertiary alicyclic amines) is 1. The molecule has 2 N–H and O–H groups in total. The Balaban J connectivity index is 1.19. The van der Waals surface area contributed by atoms with E-state index in [2.05, 4.69) is 35.8 Å². The molecule has 1 aliphatic rings. The lowest BCUT2D eigenvalue weighted by atomic mass is 10.1. The monoisotopic (exact) mass is 635 g/mol. The highest BCUT2D eigenvalue weighted by Crippen LogP contribution is 2.33. The van der Waals surface area contributed by atoms with Gasteiger partial charge in [0.25, 0.3) is 5.91 Å². The van der Waals surface area contributed by atoms with Gasteiger partial charge in [-0.1, -0.05) is 22.6 Å². The quantitative estimate of drug-likeness (QED) is 0.231. The third-order valence-corrected chi connectivity index (χ3v) is 8.23. The molecule has 15 heteroatoms. The summed E-state index contributed by atoms with van der Waals surface area (Å²) in [6.45, 7) is 5.73. The highest BCUT2D eigenvalue weighted by molar-refractivity contribution is 7.19. The minimum absolute atomic E-state index is 0.0186. The Hall–Kier alpha value is -4.89. The van der Waals surface area contributed by atoms with Gasteiger partial charge in [0.15, 0.2) is 5.13 Å². The first-order valence-electron chi connectivity index (χ1n) is 14.1. The summed E-state index contributed by atoms with van der Waals surface area (Å²) in [6.07, 6.45) is 3.87. The van der Waals surface area contributed by atoms with Crippen molar-refractivity contribution in [1.29, 1.82) is 0 Å². The molecule has 0 bridgehead atoms. The van der Waals surface area contributed by atoms with E-state index >= 15 is 0 Å². The molecule has 1 fully saturated rings. The molecule has 0 unspecified atom stereocenters. The summed E-state index contributed by atoms with van der Waals surface area (Å²) < 4.78 is 44.1. The van der Waals surface area contributed by atoms with Crippen LogP contribution in [0.25, 0.3) is 21.9 Å². The van der Waals surface area contributed by atoms with Crippen LogP contribution in [-0.4, -0.2) is 65.9 Å². The highest BCUT2D eigenvalue weighted by atomic mass is 32.1. The fourth-order valence-electron chi connectivity index (χ4n) is 5.01.